The molecule has 6 heteroatoms. The molecule has 0 aliphatic heterocycles. The van der Waals surface area contributed by atoms with Crippen molar-refractivity contribution < 1.29 is 48.6 Å². The Bertz CT molecular complexity index is 78.2. The third-order valence-electron chi connectivity index (χ3n) is 0.499. The Kier molecular flexibility index (Phi) is 12.6. The van der Waals surface area contributed by atoms with E-state index in [1.807, 2.05) is 0 Å². The van der Waals surface area contributed by atoms with Gasteiger partial charge in [0.25, 0.3) is 0 Å². The van der Waals surface area contributed by atoms with Crippen LogP contribution in [0.5, 0.6) is 0 Å². The van der Waals surface area contributed by atoms with Gasteiger partial charge in [-0.2, -0.15) is 0 Å². The fraction of sp³-hybridized carbons (Fsp3) is 1.00. The number of aliphatic hydroxyl groups excluding tert-OH is 1. The maximum absolute atomic E-state index is 9.61. The largest absolute Gasteiger partial charge is 1.00 e. The van der Waals surface area contributed by atoms with Gasteiger partial charge in [0.15, 0.2) is 0 Å². The van der Waals surface area contributed by atoms with E-state index in [0.29, 0.717) is 6.42 Å². The van der Waals surface area contributed by atoms with Crippen LogP contribution in [0, 0.1) is 0 Å². The van der Waals surface area contributed by atoms with Gasteiger partial charge < -0.3 is 10.00 Å². The summed E-state index contributed by atoms with van der Waals surface area (Å²) in [4.78, 5) is 9.61. The van der Waals surface area contributed by atoms with Crippen LogP contribution in [-0.4, -0.2) is 18.3 Å². The Morgan fingerprint density at radius 3 is 2.56 bits per heavy atom. The van der Waals surface area contributed by atoms with E-state index in [-0.39, 0.29) is 42.8 Å². The molecule has 0 saturated heterocycles. The minimum Gasteiger partial charge on any atom is -0.566 e. The minimum absolute atomic E-state index is 0. The molecule has 0 bridgehead atoms. The zero-order valence-corrected chi connectivity index (χ0v) is 8.13. The Morgan fingerprint density at radius 1 is 1.67 bits per heavy atom. The summed E-state index contributed by atoms with van der Waals surface area (Å²) in [6, 6.07) is 0. The van der Waals surface area contributed by atoms with Crippen molar-refractivity contribution in [1.29, 1.82) is 0 Å². The first-order valence-electron chi connectivity index (χ1n) is 2.15. The van der Waals surface area contributed by atoms with Crippen LogP contribution in [0.3, 0.4) is 0 Å². The van der Waals surface area contributed by atoms with Crippen molar-refractivity contribution in [2.75, 3.05) is 13.2 Å². The van der Waals surface area contributed by atoms with E-state index in [0.717, 1.165) is 0 Å². The van der Waals surface area contributed by atoms with Crippen LogP contribution in [-0.2, 0) is 9.09 Å². The van der Waals surface area contributed by atoms with Gasteiger partial charge >= 0.3 is 37.8 Å². The van der Waals surface area contributed by atoms with E-state index in [1.54, 1.807) is 0 Å². The fourth-order valence-corrected chi connectivity index (χ4v) is 0.482. The van der Waals surface area contributed by atoms with Crippen LogP contribution in [0.25, 0.3) is 0 Å². The molecular weight excluding hydrogens is 154 g/mol. The van der Waals surface area contributed by atoms with Gasteiger partial charge in [-0.05, 0) is 11.0 Å². The molecule has 0 aromatic carbocycles. The molecule has 0 heterocycles. The van der Waals surface area contributed by atoms with Crippen LogP contribution in [0.4, 0.5) is 0 Å². The molecule has 0 rings (SSSR count). The molecule has 0 spiro atoms. The van der Waals surface area contributed by atoms with E-state index in [2.05, 4.69) is 4.52 Å². The summed E-state index contributed by atoms with van der Waals surface area (Å²) in [5, 5.41) is 8.10. The fourth-order valence-electron chi connectivity index (χ4n) is 0.204. The van der Waals surface area contributed by atoms with Crippen LogP contribution in [0.15, 0.2) is 0 Å². The SMILES string of the molecule is O=[P+]([O-])OCCCO.[Na+]. The first-order valence-corrected chi connectivity index (χ1v) is 3.25. The van der Waals surface area contributed by atoms with Gasteiger partial charge in [-0.25, -0.2) is 0 Å². The number of aliphatic hydroxyl groups is 1. The van der Waals surface area contributed by atoms with Gasteiger partial charge in [-0.3, -0.25) is 0 Å². The van der Waals surface area contributed by atoms with Crippen molar-refractivity contribution in [3.8, 4) is 0 Å². The molecule has 0 fully saturated rings. The normalized spacial score (nSPS) is 10.2. The molecule has 1 unspecified atom stereocenters. The summed E-state index contributed by atoms with van der Waals surface area (Å²) in [6.07, 6.45) is 0.364. The second-order valence-corrected chi connectivity index (χ2v) is 1.84. The van der Waals surface area contributed by atoms with Gasteiger partial charge in [0, 0.05) is 6.61 Å². The molecule has 0 radical (unpaired) electrons. The second-order valence-electron chi connectivity index (χ2n) is 1.13. The Hall–Kier alpha value is 0.980. The molecule has 0 aromatic rings. The number of rotatable bonds is 4. The summed E-state index contributed by atoms with van der Waals surface area (Å²) >= 11 is 0. The second kappa shape index (κ2) is 8.98. The van der Waals surface area contributed by atoms with Crippen molar-refractivity contribution in [3.05, 3.63) is 0 Å². The van der Waals surface area contributed by atoms with Crippen LogP contribution < -0.4 is 34.5 Å². The predicted molar refractivity (Wildman–Crippen MR) is 25.3 cm³/mol. The monoisotopic (exact) mass is 161 g/mol. The predicted octanol–water partition coefficient (Wildman–Crippen LogP) is -3.59. The third kappa shape index (κ3) is 12.2. The van der Waals surface area contributed by atoms with Gasteiger partial charge in [0.05, 0.1) is 0 Å². The molecule has 0 aliphatic rings. The minimum atomic E-state index is -2.72. The molecule has 48 valence electrons. The van der Waals surface area contributed by atoms with Crippen molar-refractivity contribution in [2.24, 2.45) is 0 Å². The summed E-state index contributed by atoms with van der Waals surface area (Å²) < 4.78 is 13.7. The quantitative estimate of drug-likeness (QED) is 0.263. The average Bonchev–Trinajstić information content (AvgIpc) is 1.66. The summed E-state index contributed by atoms with van der Waals surface area (Å²) in [5.74, 6) is 0. The van der Waals surface area contributed by atoms with Gasteiger partial charge in [0.1, 0.15) is 6.61 Å². The van der Waals surface area contributed by atoms with Gasteiger partial charge in [0.2, 0.25) is 0 Å². The maximum Gasteiger partial charge on any atom is 1.00 e. The topological polar surface area (TPSA) is 69.6 Å². The van der Waals surface area contributed by atoms with Crippen molar-refractivity contribution >= 4 is 8.25 Å². The van der Waals surface area contributed by atoms with Crippen LogP contribution in [0.1, 0.15) is 6.42 Å². The Balaban J connectivity index is 0. The molecule has 0 aromatic heterocycles. The standard InChI is InChI=1S/C3H7O4P.Na/c4-2-1-3-7-8(5)6;/h4H,1-3H2;/q;+1. The Morgan fingerprint density at radius 2 is 2.22 bits per heavy atom. The van der Waals surface area contributed by atoms with E-state index < -0.39 is 8.25 Å². The molecule has 4 nitrogen and oxygen atoms in total. The molecule has 0 saturated carbocycles. The summed E-state index contributed by atoms with van der Waals surface area (Å²) in [5.41, 5.74) is 0. The number of hydrogen-bond acceptors (Lipinski definition) is 4. The van der Waals surface area contributed by atoms with E-state index >= 15 is 0 Å². The van der Waals surface area contributed by atoms with E-state index in [1.165, 1.54) is 0 Å². The number of hydrogen-bond donors (Lipinski definition) is 1. The zero-order valence-electron chi connectivity index (χ0n) is 5.24. The summed E-state index contributed by atoms with van der Waals surface area (Å²) in [6.45, 7) is 0.0401. The molecule has 9 heavy (non-hydrogen) atoms. The van der Waals surface area contributed by atoms with Gasteiger partial charge in [-0.15, -0.1) is 4.52 Å². The van der Waals surface area contributed by atoms with Crippen molar-refractivity contribution in [3.63, 3.8) is 0 Å². The molecule has 0 amide bonds. The van der Waals surface area contributed by atoms with E-state index in [4.69, 9.17) is 5.11 Å². The zero-order chi connectivity index (χ0) is 6.41. The molecular formula is C3H7NaO4P+. The van der Waals surface area contributed by atoms with E-state index in [9.17, 15) is 9.46 Å². The molecule has 1 atom stereocenters. The first kappa shape index (κ1) is 12.6. The molecule has 1 N–H and O–H groups in total. The van der Waals surface area contributed by atoms with Crippen molar-refractivity contribution in [1.82, 2.24) is 0 Å². The Labute approximate surface area is 76.5 Å². The van der Waals surface area contributed by atoms with Crippen LogP contribution >= 0.6 is 8.25 Å². The smallest absolute Gasteiger partial charge is 0.566 e. The summed E-state index contributed by atoms with van der Waals surface area (Å²) in [7, 11) is -2.72. The first-order chi connectivity index (χ1) is 3.77. The maximum atomic E-state index is 9.61. The third-order valence-corrected chi connectivity index (χ3v) is 0.893. The van der Waals surface area contributed by atoms with Crippen LogP contribution in [0.2, 0.25) is 0 Å². The van der Waals surface area contributed by atoms with Crippen molar-refractivity contribution in [2.45, 2.75) is 6.42 Å². The van der Waals surface area contributed by atoms with Gasteiger partial charge in [-0.1, -0.05) is 0 Å². The average molecular weight is 161 g/mol. The molecule has 0 aliphatic carbocycles.